The van der Waals surface area contributed by atoms with Gasteiger partial charge >= 0.3 is 0 Å². The van der Waals surface area contributed by atoms with E-state index in [4.69, 9.17) is 9.47 Å². The second kappa shape index (κ2) is 10.1. The van der Waals surface area contributed by atoms with Crippen LogP contribution in [0, 0.1) is 0 Å². The molecule has 1 heterocycles. The first kappa shape index (κ1) is 16.4. The molecule has 19 heavy (non-hydrogen) atoms. The minimum absolute atomic E-state index is 0.655. The highest BCUT2D eigenvalue weighted by Crippen LogP contribution is 2.21. The Balaban J connectivity index is 2.16. The number of nitrogens with one attached hydrogen (secondary N) is 1. The van der Waals surface area contributed by atoms with Crippen molar-refractivity contribution < 1.29 is 9.47 Å². The lowest BCUT2D eigenvalue weighted by Crippen LogP contribution is -2.21. The highest BCUT2D eigenvalue weighted by Gasteiger charge is 2.07. The molecular weight excluding hydrogens is 262 g/mol. The van der Waals surface area contributed by atoms with Gasteiger partial charge in [0.05, 0.1) is 19.8 Å². The topological polar surface area (TPSA) is 46.6 Å². The molecule has 0 saturated heterocycles. The molecule has 0 aliphatic carbocycles. The van der Waals surface area contributed by atoms with Crippen molar-refractivity contribution in [1.29, 1.82) is 0 Å². The summed E-state index contributed by atoms with van der Waals surface area (Å²) < 4.78 is 10.3. The Morgan fingerprint density at radius 1 is 1.26 bits per heavy atom. The molecule has 1 rings (SSSR count). The van der Waals surface area contributed by atoms with E-state index in [1.165, 1.54) is 4.88 Å². The first-order chi connectivity index (χ1) is 9.31. The lowest BCUT2D eigenvalue weighted by atomic mass is 10.5. The molecule has 0 saturated carbocycles. The Kier molecular flexibility index (Phi) is 8.73. The first-order valence-electron chi connectivity index (χ1n) is 6.78. The van der Waals surface area contributed by atoms with Crippen LogP contribution in [0.25, 0.3) is 0 Å². The first-order valence-corrected chi connectivity index (χ1v) is 7.60. The summed E-state index contributed by atoms with van der Waals surface area (Å²) >= 11 is 1.75. The van der Waals surface area contributed by atoms with Gasteiger partial charge in [-0.15, -0.1) is 11.3 Å². The van der Waals surface area contributed by atoms with Crippen molar-refractivity contribution in [3.63, 3.8) is 0 Å². The van der Waals surface area contributed by atoms with E-state index in [1.807, 2.05) is 6.20 Å². The van der Waals surface area contributed by atoms with Gasteiger partial charge in [-0.2, -0.15) is 0 Å². The molecule has 0 spiro atoms. The zero-order valence-electron chi connectivity index (χ0n) is 12.1. The van der Waals surface area contributed by atoms with Crippen LogP contribution in [-0.2, 0) is 16.0 Å². The highest BCUT2D eigenvalue weighted by molar-refractivity contribution is 7.15. The monoisotopic (exact) mass is 287 g/mol. The number of nitrogens with zero attached hydrogens (tertiary/aromatic N) is 2. The molecule has 0 unspecified atom stereocenters. The maximum atomic E-state index is 5.38. The molecular formula is C13H25N3O2S. The van der Waals surface area contributed by atoms with E-state index in [-0.39, 0.29) is 0 Å². The minimum Gasteiger partial charge on any atom is -0.382 e. The van der Waals surface area contributed by atoms with Crippen LogP contribution in [0.4, 0.5) is 5.13 Å². The van der Waals surface area contributed by atoms with Gasteiger partial charge in [0.25, 0.3) is 0 Å². The van der Waals surface area contributed by atoms with E-state index < -0.39 is 0 Å². The Hall–Kier alpha value is -0.690. The molecule has 1 N–H and O–H groups in total. The summed E-state index contributed by atoms with van der Waals surface area (Å²) in [5.74, 6) is 0. The maximum Gasteiger partial charge on any atom is 0.185 e. The SMILES string of the molecule is CCN(CC)c1ncc(CNCCOCCOC)s1. The summed E-state index contributed by atoms with van der Waals surface area (Å²) in [5, 5.41) is 4.46. The van der Waals surface area contributed by atoms with Crippen molar-refractivity contribution in [2.45, 2.75) is 20.4 Å². The van der Waals surface area contributed by atoms with E-state index in [9.17, 15) is 0 Å². The minimum atomic E-state index is 0.655. The van der Waals surface area contributed by atoms with Crippen molar-refractivity contribution in [2.24, 2.45) is 0 Å². The van der Waals surface area contributed by atoms with Crippen molar-refractivity contribution in [2.75, 3.05) is 51.5 Å². The Labute approximate surface area is 119 Å². The van der Waals surface area contributed by atoms with Gasteiger partial charge < -0.3 is 19.7 Å². The van der Waals surface area contributed by atoms with Gasteiger partial charge in [0, 0.05) is 44.4 Å². The fraction of sp³-hybridized carbons (Fsp3) is 0.769. The second-order valence-corrected chi connectivity index (χ2v) is 5.16. The molecule has 0 aliphatic rings. The second-order valence-electron chi connectivity index (χ2n) is 4.06. The molecule has 0 fully saturated rings. The number of hydrogen-bond donors (Lipinski definition) is 1. The molecule has 0 aliphatic heterocycles. The number of rotatable bonds is 11. The van der Waals surface area contributed by atoms with Gasteiger partial charge in [-0.1, -0.05) is 0 Å². The fourth-order valence-corrected chi connectivity index (χ4v) is 2.63. The van der Waals surface area contributed by atoms with Crippen LogP contribution in [0.5, 0.6) is 0 Å². The number of ether oxygens (including phenoxy) is 2. The van der Waals surface area contributed by atoms with Crippen LogP contribution in [0.15, 0.2) is 6.20 Å². The van der Waals surface area contributed by atoms with Gasteiger partial charge in [0.15, 0.2) is 5.13 Å². The van der Waals surface area contributed by atoms with Gasteiger partial charge in [-0.05, 0) is 13.8 Å². The van der Waals surface area contributed by atoms with E-state index in [0.717, 1.165) is 31.3 Å². The molecule has 6 heteroatoms. The highest BCUT2D eigenvalue weighted by atomic mass is 32.1. The molecule has 1 aromatic heterocycles. The maximum absolute atomic E-state index is 5.38. The van der Waals surface area contributed by atoms with Crippen molar-refractivity contribution in [1.82, 2.24) is 10.3 Å². The van der Waals surface area contributed by atoms with Crippen molar-refractivity contribution in [3.05, 3.63) is 11.1 Å². The van der Waals surface area contributed by atoms with E-state index in [2.05, 4.69) is 29.0 Å². The van der Waals surface area contributed by atoms with Gasteiger partial charge in [-0.3, -0.25) is 0 Å². The molecule has 110 valence electrons. The Morgan fingerprint density at radius 2 is 2.05 bits per heavy atom. The number of anilines is 1. The van der Waals surface area contributed by atoms with Crippen LogP contribution >= 0.6 is 11.3 Å². The summed E-state index contributed by atoms with van der Waals surface area (Å²) in [5.41, 5.74) is 0. The number of thiazole rings is 1. The lowest BCUT2D eigenvalue weighted by Gasteiger charge is -2.16. The third-order valence-electron chi connectivity index (χ3n) is 2.73. The fourth-order valence-electron chi connectivity index (χ4n) is 1.62. The van der Waals surface area contributed by atoms with Crippen LogP contribution in [-0.4, -0.2) is 51.5 Å². The third-order valence-corrected chi connectivity index (χ3v) is 3.79. The van der Waals surface area contributed by atoms with Crippen molar-refractivity contribution >= 4 is 16.5 Å². The standard InChI is InChI=1S/C13H25N3O2S/c1-4-16(5-2)13-15-11-12(19-13)10-14-6-7-18-9-8-17-3/h11,14H,4-10H2,1-3H3. The Morgan fingerprint density at radius 3 is 2.74 bits per heavy atom. The molecule has 5 nitrogen and oxygen atoms in total. The number of hydrogen-bond acceptors (Lipinski definition) is 6. The molecule has 0 atom stereocenters. The van der Waals surface area contributed by atoms with E-state index in [1.54, 1.807) is 18.4 Å². The van der Waals surface area contributed by atoms with Crippen LogP contribution < -0.4 is 10.2 Å². The van der Waals surface area contributed by atoms with Crippen LogP contribution in [0.3, 0.4) is 0 Å². The smallest absolute Gasteiger partial charge is 0.185 e. The summed E-state index contributed by atoms with van der Waals surface area (Å²) in [4.78, 5) is 7.98. The van der Waals surface area contributed by atoms with Crippen LogP contribution in [0.2, 0.25) is 0 Å². The molecule has 0 bridgehead atoms. The van der Waals surface area contributed by atoms with Gasteiger partial charge in [0.2, 0.25) is 0 Å². The number of aromatic nitrogens is 1. The zero-order chi connectivity index (χ0) is 13.9. The molecule has 0 radical (unpaired) electrons. The summed E-state index contributed by atoms with van der Waals surface area (Å²) in [6, 6.07) is 0. The van der Waals surface area contributed by atoms with Gasteiger partial charge in [-0.25, -0.2) is 4.98 Å². The average molecular weight is 287 g/mol. The average Bonchev–Trinajstić information content (AvgIpc) is 2.88. The Bertz CT molecular complexity index is 329. The summed E-state index contributed by atoms with van der Waals surface area (Å²) in [6.45, 7) is 10.0. The number of methoxy groups -OCH3 is 1. The van der Waals surface area contributed by atoms with E-state index >= 15 is 0 Å². The third kappa shape index (κ3) is 6.33. The zero-order valence-corrected chi connectivity index (χ0v) is 13.0. The summed E-state index contributed by atoms with van der Waals surface area (Å²) in [7, 11) is 1.68. The van der Waals surface area contributed by atoms with E-state index in [0.29, 0.717) is 19.8 Å². The molecule has 1 aromatic rings. The normalized spacial score (nSPS) is 10.9. The van der Waals surface area contributed by atoms with Gasteiger partial charge in [0.1, 0.15) is 0 Å². The predicted octanol–water partition coefficient (Wildman–Crippen LogP) is 1.74. The lowest BCUT2D eigenvalue weighted by molar-refractivity contribution is 0.0719. The summed E-state index contributed by atoms with van der Waals surface area (Å²) in [6.07, 6.45) is 1.96. The molecule has 0 aromatic carbocycles. The van der Waals surface area contributed by atoms with Crippen molar-refractivity contribution in [3.8, 4) is 0 Å². The predicted molar refractivity (Wildman–Crippen MR) is 80.1 cm³/mol. The largest absolute Gasteiger partial charge is 0.382 e. The quantitative estimate of drug-likeness (QED) is 0.628. The van der Waals surface area contributed by atoms with Crippen LogP contribution in [0.1, 0.15) is 18.7 Å². The molecule has 0 amide bonds.